The van der Waals surface area contributed by atoms with Crippen molar-refractivity contribution >= 4 is 44.6 Å². The van der Waals surface area contributed by atoms with Crippen LogP contribution in [0.25, 0.3) is 0 Å². The SMILES string of the molecule is Cc1ccc(S(=O)(=O)N(C)c2cc(Cl)cc(Cl)c2)cc1[N+](=O)[O-]. The maximum atomic E-state index is 12.7. The van der Waals surface area contributed by atoms with Crippen molar-refractivity contribution in [3.05, 3.63) is 62.1 Å². The van der Waals surface area contributed by atoms with Crippen molar-refractivity contribution in [3.63, 3.8) is 0 Å². The molecule has 2 aromatic carbocycles. The second-order valence-electron chi connectivity index (χ2n) is 4.81. The van der Waals surface area contributed by atoms with Gasteiger partial charge in [0.15, 0.2) is 0 Å². The highest BCUT2D eigenvalue weighted by Crippen LogP contribution is 2.30. The monoisotopic (exact) mass is 374 g/mol. The third-order valence-corrected chi connectivity index (χ3v) is 5.46. The van der Waals surface area contributed by atoms with Crippen LogP contribution in [0.3, 0.4) is 0 Å². The molecule has 0 aliphatic heterocycles. The fraction of sp³-hybridized carbons (Fsp3) is 0.143. The van der Waals surface area contributed by atoms with Gasteiger partial charge in [0.1, 0.15) is 0 Å². The lowest BCUT2D eigenvalue weighted by atomic mass is 10.2. The maximum absolute atomic E-state index is 12.7. The molecule has 122 valence electrons. The number of aryl methyl sites for hydroxylation is 1. The lowest BCUT2D eigenvalue weighted by Gasteiger charge is -2.20. The molecule has 0 fully saturated rings. The Morgan fingerprint density at radius 2 is 1.65 bits per heavy atom. The van der Waals surface area contributed by atoms with E-state index in [1.54, 1.807) is 0 Å². The summed E-state index contributed by atoms with van der Waals surface area (Å²) in [6.45, 7) is 1.54. The summed E-state index contributed by atoms with van der Waals surface area (Å²) in [5, 5.41) is 11.6. The van der Waals surface area contributed by atoms with Crippen LogP contribution in [0, 0.1) is 17.0 Å². The van der Waals surface area contributed by atoms with Gasteiger partial charge in [-0.15, -0.1) is 0 Å². The number of rotatable bonds is 4. The largest absolute Gasteiger partial charge is 0.273 e. The molecule has 0 unspecified atom stereocenters. The lowest BCUT2D eigenvalue weighted by Crippen LogP contribution is -2.26. The summed E-state index contributed by atoms with van der Waals surface area (Å²) in [6, 6.07) is 8.10. The van der Waals surface area contributed by atoms with Gasteiger partial charge in [-0.1, -0.05) is 29.3 Å². The first-order valence-corrected chi connectivity index (χ1v) is 8.52. The topological polar surface area (TPSA) is 80.5 Å². The molecule has 0 saturated carbocycles. The molecule has 0 aliphatic rings. The van der Waals surface area contributed by atoms with Gasteiger partial charge < -0.3 is 0 Å². The van der Waals surface area contributed by atoms with Crippen molar-refractivity contribution in [2.75, 3.05) is 11.4 Å². The molecule has 0 heterocycles. The van der Waals surface area contributed by atoms with E-state index in [9.17, 15) is 18.5 Å². The number of nitrogens with zero attached hydrogens (tertiary/aromatic N) is 2. The highest BCUT2D eigenvalue weighted by Gasteiger charge is 2.25. The van der Waals surface area contributed by atoms with E-state index < -0.39 is 14.9 Å². The van der Waals surface area contributed by atoms with Crippen LogP contribution >= 0.6 is 23.2 Å². The zero-order valence-electron chi connectivity index (χ0n) is 12.2. The van der Waals surface area contributed by atoms with Crippen LogP contribution < -0.4 is 4.31 Å². The van der Waals surface area contributed by atoms with Crippen LogP contribution in [-0.2, 0) is 10.0 Å². The van der Waals surface area contributed by atoms with Gasteiger partial charge in [-0.05, 0) is 31.2 Å². The predicted molar refractivity (Wildman–Crippen MR) is 89.9 cm³/mol. The van der Waals surface area contributed by atoms with Gasteiger partial charge in [-0.2, -0.15) is 0 Å². The molecule has 0 aliphatic carbocycles. The molecular weight excluding hydrogens is 363 g/mol. The molecule has 0 aromatic heterocycles. The molecule has 0 bridgehead atoms. The van der Waals surface area contributed by atoms with Crippen molar-refractivity contribution in [1.29, 1.82) is 0 Å². The van der Waals surface area contributed by atoms with E-state index in [0.717, 1.165) is 10.4 Å². The number of hydrogen-bond donors (Lipinski definition) is 0. The average molecular weight is 375 g/mol. The summed E-state index contributed by atoms with van der Waals surface area (Å²) in [7, 11) is -2.66. The minimum Gasteiger partial charge on any atom is -0.269 e. The summed E-state index contributed by atoms with van der Waals surface area (Å²) < 4.78 is 26.3. The first-order valence-electron chi connectivity index (χ1n) is 6.33. The first-order chi connectivity index (χ1) is 10.6. The fourth-order valence-corrected chi connectivity index (χ4v) is 3.68. The summed E-state index contributed by atoms with van der Waals surface area (Å²) in [4.78, 5) is 10.2. The molecule has 0 saturated heterocycles. The zero-order chi connectivity index (χ0) is 17.4. The highest BCUT2D eigenvalue weighted by atomic mass is 35.5. The van der Waals surface area contributed by atoms with Gasteiger partial charge in [-0.3, -0.25) is 14.4 Å². The van der Waals surface area contributed by atoms with E-state index in [1.165, 1.54) is 44.3 Å². The molecule has 0 atom stereocenters. The van der Waals surface area contributed by atoms with Crippen molar-refractivity contribution in [1.82, 2.24) is 0 Å². The van der Waals surface area contributed by atoms with E-state index in [4.69, 9.17) is 23.2 Å². The van der Waals surface area contributed by atoms with E-state index in [2.05, 4.69) is 0 Å². The van der Waals surface area contributed by atoms with Gasteiger partial charge in [0, 0.05) is 28.7 Å². The van der Waals surface area contributed by atoms with Gasteiger partial charge >= 0.3 is 0 Å². The number of anilines is 1. The maximum Gasteiger partial charge on any atom is 0.273 e. The summed E-state index contributed by atoms with van der Waals surface area (Å²) in [6.07, 6.45) is 0. The van der Waals surface area contributed by atoms with Crippen molar-refractivity contribution in [2.45, 2.75) is 11.8 Å². The number of nitro benzene ring substituents is 1. The highest BCUT2D eigenvalue weighted by molar-refractivity contribution is 7.92. The summed E-state index contributed by atoms with van der Waals surface area (Å²) in [5.74, 6) is 0. The van der Waals surface area contributed by atoms with Crippen LogP contribution in [0.1, 0.15) is 5.56 Å². The average Bonchev–Trinajstić information content (AvgIpc) is 2.45. The second-order valence-corrected chi connectivity index (χ2v) is 7.65. The number of nitro groups is 1. The fourth-order valence-electron chi connectivity index (χ4n) is 1.96. The van der Waals surface area contributed by atoms with Crippen LogP contribution in [-0.4, -0.2) is 20.4 Å². The molecule has 0 N–H and O–H groups in total. The third kappa shape index (κ3) is 3.57. The summed E-state index contributed by atoms with van der Waals surface area (Å²) in [5.41, 5.74) is 0.372. The normalized spacial score (nSPS) is 11.3. The number of hydrogen-bond acceptors (Lipinski definition) is 4. The van der Waals surface area contributed by atoms with E-state index in [-0.39, 0.29) is 26.3 Å². The Bertz CT molecular complexity index is 864. The van der Waals surface area contributed by atoms with Gasteiger partial charge in [0.25, 0.3) is 15.7 Å². The molecular formula is C14H12Cl2N2O4S. The molecule has 6 nitrogen and oxygen atoms in total. The molecule has 0 spiro atoms. The number of halogens is 2. The van der Waals surface area contributed by atoms with Gasteiger partial charge in [-0.25, -0.2) is 8.42 Å². The van der Waals surface area contributed by atoms with E-state index in [1.807, 2.05) is 0 Å². The Morgan fingerprint density at radius 1 is 1.09 bits per heavy atom. The van der Waals surface area contributed by atoms with Gasteiger partial charge in [0.05, 0.1) is 15.5 Å². The predicted octanol–water partition coefficient (Wildman–Crippen LogP) is 4.04. The van der Waals surface area contributed by atoms with Crippen LogP contribution in [0.2, 0.25) is 10.0 Å². The zero-order valence-corrected chi connectivity index (χ0v) is 14.5. The quantitative estimate of drug-likeness (QED) is 0.597. The first kappa shape index (κ1) is 17.5. The minimum absolute atomic E-state index is 0.187. The third-order valence-electron chi connectivity index (χ3n) is 3.25. The Hall–Kier alpha value is -1.83. The summed E-state index contributed by atoms with van der Waals surface area (Å²) >= 11 is 11.8. The van der Waals surface area contributed by atoms with Crippen molar-refractivity contribution in [2.24, 2.45) is 0 Å². The molecule has 23 heavy (non-hydrogen) atoms. The Kier molecular flexibility index (Phi) is 4.84. The minimum atomic E-state index is -3.99. The van der Waals surface area contributed by atoms with E-state index in [0.29, 0.717) is 5.56 Å². The van der Waals surface area contributed by atoms with Gasteiger partial charge in [0.2, 0.25) is 0 Å². The van der Waals surface area contributed by atoms with Crippen molar-refractivity contribution < 1.29 is 13.3 Å². The Morgan fingerprint density at radius 3 is 2.17 bits per heavy atom. The second kappa shape index (κ2) is 6.35. The number of sulfonamides is 1. The van der Waals surface area contributed by atoms with Crippen LogP contribution in [0.15, 0.2) is 41.3 Å². The van der Waals surface area contributed by atoms with Crippen molar-refractivity contribution in [3.8, 4) is 0 Å². The van der Waals surface area contributed by atoms with Crippen LogP contribution in [0.4, 0.5) is 11.4 Å². The Labute approximate surface area is 143 Å². The van der Waals surface area contributed by atoms with Crippen LogP contribution in [0.5, 0.6) is 0 Å². The molecule has 2 rings (SSSR count). The van der Waals surface area contributed by atoms with E-state index >= 15 is 0 Å². The molecule has 9 heteroatoms. The standard InChI is InChI=1S/C14H12Cl2N2O4S/c1-9-3-4-13(8-14(9)18(19)20)23(21,22)17(2)12-6-10(15)5-11(16)7-12/h3-8H,1-2H3. The molecule has 2 aromatic rings. The molecule has 0 amide bonds. The molecule has 0 radical (unpaired) electrons. The Balaban J connectivity index is 2.53. The smallest absolute Gasteiger partial charge is 0.269 e. The lowest BCUT2D eigenvalue weighted by molar-refractivity contribution is -0.385. The number of benzene rings is 2.